The molecule has 0 heterocycles. The fourth-order valence-corrected chi connectivity index (χ4v) is 1.81. The van der Waals surface area contributed by atoms with Crippen LogP contribution in [-0.2, 0) is 9.59 Å². The zero-order valence-electron chi connectivity index (χ0n) is 12.4. The Labute approximate surface area is 133 Å². The second-order valence-electron chi connectivity index (χ2n) is 4.80. The van der Waals surface area contributed by atoms with Crippen LogP contribution in [0.5, 0.6) is 5.75 Å². The van der Waals surface area contributed by atoms with Gasteiger partial charge in [0.25, 0.3) is 0 Å². The normalized spacial score (nSPS) is 10.4. The number of carbonyl (C=O) groups is 2. The predicted molar refractivity (Wildman–Crippen MR) is 88.1 cm³/mol. The maximum atomic E-state index is 11.7. The van der Waals surface area contributed by atoms with Gasteiger partial charge < -0.3 is 10.4 Å². The summed E-state index contributed by atoms with van der Waals surface area (Å²) in [6, 6.07) is 15.5. The standard InChI is InChI=1S/C17H17N3O3/c21-15-8-4-5-13(11-15)12-18-20-17(23)10-9-16(22)19-14-6-2-1-3-7-14/h1-8,11-12,21H,9-10H2,(H,19,22)(H,20,23). The number of nitrogens with one attached hydrogen (secondary N) is 2. The molecule has 3 N–H and O–H groups in total. The average molecular weight is 311 g/mol. The number of benzene rings is 2. The molecule has 0 radical (unpaired) electrons. The number of hydrogen-bond acceptors (Lipinski definition) is 4. The third-order valence-corrected chi connectivity index (χ3v) is 2.91. The molecule has 2 aromatic rings. The minimum atomic E-state index is -0.357. The van der Waals surface area contributed by atoms with E-state index in [9.17, 15) is 14.7 Å². The first kappa shape index (κ1) is 16.2. The SMILES string of the molecule is O=C(CCC(=O)Nc1ccccc1)NN=Cc1cccc(O)c1. The highest BCUT2D eigenvalue weighted by atomic mass is 16.3. The maximum Gasteiger partial charge on any atom is 0.240 e. The molecule has 0 unspecified atom stereocenters. The van der Waals surface area contributed by atoms with Crippen molar-refractivity contribution < 1.29 is 14.7 Å². The Morgan fingerprint density at radius 2 is 1.74 bits per heavy atom. The average Bonchev–Trinajstić information content (AvgIpc) is 2.54. The largest absolute Gasteiger partial charge is 0.508 e. The van der Waals surface area contributed by atoms with Crippen molar-refractivity contribution in [2.24, 2.45) is 5.10 Å². The van der Waals surface area contributed by atoms with E-state index in [1.54, 1.807) is 30.3 Å². The molecular formula is C17H17N3O3. The lowest BCUT2D eigenvalue weighted by molar-refractivity contribution is -0.124. The molecule has 2 rings (SSSR count). The van der Waals surface area contributed by atoms with Crippen molar-refractivity contribution in [3.05, 3.63) is 60.2 Å². The fourth-order valence-electron chi connectivity index (χ4n) is 1.81. The Morgan fingerprint density at radius 3 is 2.48 bits per heavy atom. The molecule has 0 aliphatic carbocycles. The van der Waals surface area contributed by atoms with Crippen LogP contribution in [-0.4, -0.2) is 23.1 Å². The molecule has 2 amide bonds. The van der Waals surface area contributed by atoms with Crippen molar-refractivity contribution in [3.63, 3.8) is 0 Å². The number of aromatic hydroxyl groups is 1. The molecule has 0 saturated carbocycles. The van der Waals surface area contributed by atoms with Gasteiger partial charge in [-0.3, -0.25) is 9.59 Å². The summed E-state index contributed by atoms with van der Waals surface area (Å²) in [4.78, 5) is 23.3. The number of nitrogens with zero attached hydrogens (tertiary/aromatic N) is 1. The van der Waals surface area contributed by atoms with E-state index < -0.39 is 0 Å². The van der Waals surface area contributed by atoms with Crippen molar-refractivity contribution in [2.75, 3.05) is 5.32 Å². The lowest BCUT2D eigenvalue weighted by Gasteiger charge is -2.04. The summed E-state index contributed by atoms with van der Waals surface area (Å²) in [5.41, 5.74) is 3.69. The second-order valence-corrected chi connectivity index (χ2v) is 4.80. The Morgan fingerprint density at radius 1 is 1.00 bits per heavy atom. The molecular weight excluding hydrogens is 294 g/mol. The van der Waals surface area contributed by atoms with Gasteiger partial charge in [0, 0.05) is 18.5 Å². The lowest BCUT2D eigenvalue weighted by atomic mass is 10.2. The van der Waals surface area contributed by atoms with Crippen LogP contribution in [0.2, 0.25) is 0 Å². The van der Waals surface area contributed by atoms with Crippen molar-refractivity contribution >= 4 is 23.7 Å². The van der Waals surface area contributed by atoms with E-state index in [1.807, 2.05) is 18.2 Å². The van der Waals surface area contributed by atoms with Crippen LogP contribution in [0.4, 0.5) is 5.69 Å². The highest BCUT2D eigenvalue weighted by Crippen LogP contribution is 2.08. The van der Waals surface area contributed by atoms with Crippen molar-refractivity contribution in [1.29, 1.82) is 0 Å². The maximum absolute atomic E-state index is 11.7. The van der Waals surface area contributed by atoms with Gasteiger partial charge in [-0.15, -0.1) is 0 Å². The van der Waals surface area contributed by atoms with Crippen LogP contribution in [0.15, 0.2) is 59.7 Å². The number of phenols is 1. The van der Waals surface area contributed by atoms with E-state index >= 15 is 0 Å². The molecule has 6 heteroatoms. The Bertz CT molecular complexity index is 699. The molecule has 0 fully saturated rings. The molecule has 0 aliphatic rings. The minimum absolute atomic E-state index is 0.0377. The van der Waals surface area contributed by atoms with E-state index in [4.69, 9.17) is 0 Å². The molecule has 0 saturated heterocycles. The topological polar surface area (TPSA) is 90.8 Å². The first-order valence-electron chi connectivity index (χ1n) is 7.09. The van der Waals surface area contributed by atoms with Crippen molar-refractivity contribution in [1.82, 2.24) is 5.43 Å². The molecule has 23 heavy (non-hydrogen) atoms. The number of para-hydroxylation sites is 1. The summed E-state index contributed by atoms with van der Waals surface area (Å²) >= 11 is 0. The van der Waals surface area contributed by atoms with Crippen LogP contribution in [0.25, 0.3) is 0 Å². The van der Waals surface area contributed by atoms with Gasteiger partial charge in [-0.1, -0.05) is 30.3 Å². The van der Waals surface area contributed by atoms with Gasteiger partial charge in [0.1, 0.15) is 5.75 Å². The quantitative estimate of drug-likeness (QED) is 0.564. The number of amides is 2. The Hall–Kier alpha value is -3.15. The predicted octanol–water partition coefficient (Wildman–Crippen LogP) is 2.26. The van der Waals surface area contributed by atoms with Crippen LogP contribution >= 0.6 is 0 Å². The van der Waals surface area contributed by atoms with Gasteiger partial charge >= 0.3 is 0 Å². The van der Waals surface area contributed by atoms with E-state index in [0.29, 0.717) is 11.3 Å². The molecule has 6 nitrogen and oxygen atoms in total. The van der Waals surface area contributed by atoms with Crippen LogP contribution in [0.3, 0.4) is 0 Å². The Kier molecular flexibility index (Phi) is 5.88. The number of carbonyl (C=O) groups excluding carboxylic acids is 2. The first-order chi connectivity index (χ1) is 11.1. The molecule has 0 aliphatic heterocycles. The number of anilines is 1. The van der Waals surface area contributed by atoms with Crippen LogP contribution < -0.4 is 10.7 Å². The summed E-state index contributed by atoms with van der Waals surface area (Å²) in [7, 11) is 0. The molecule has 0 spiro atoms. The Balaban J connectivity index is 1.71. The number of hydrogen-bond donors (Lipinski definition) is 3. The van der Waals surface area contributed by atoms with Gasteiger partial charge in [0.2, 0.25) is 11.8 Å². The highest BCUT2D eigenvalue weighted by molar-refractivity contribution is 5.93. The van der Waals surface area contributed by atoms with E-state index in [1.165, 1.54) is 12.3 Å². The molecule has 0 atom stereocenters. The van der Waals surface area contributed by atoms with Gasteiger partial charge in [0.05, 0.1) is 6.21 Å². The smallest absolute Gasteiger partial charge is 0.240 e. The van der Waals surface area contributed by atoms with E-state index in [-0.39, 0.29) is 30.4 Å². The van der Waals surface area contributed by atoms with Crippen LogP contribution in [0, 0.1) is 0 Å². The fraction of sp³-hybridized carbons (Fsp3) is 0.118. The highest BCUT2D eigenvalue weighted by Gasteiger charge is 2.06. The third-order valence-electron chi connectivity index (χ3n) is 2.91. The van der Waals surface area contributed by atoms with E-state index in [2.05, 4.69) is 15.8 Å². The molecule has 118 valence electrons. The summed E-state index contributed by atoms with van der Waals surface area (Å²) < 4.78 is 0. The molecule has 0 aromatic heterocycles. The summed E-state index contributed by atoms with van der Waals surface area (Å²) in [6.45, 7) is 0. The third kappa shape index (κ3) is 6.01. The van der Waals surface area contributed by atoms with E-state index in [0.717, 1.165) is 0 Å². The summed E-state index contributed by atoms with van der Waals surface area (Å²) in [5, 5.41) is 15.8. The number of rotatable bonds is 6. The summed E-state index contributed by atoms with van der Waals surface area (Å²) in [5.74, 6) is -0.467. The minimum Gasteiger partial charge on any atom is -0.508 e. The number of phenolic OH excluding ortho intramolecular Hbond substituents is 1. The van der Waals surface area contributed by atoms with Gasteiger partial charge in [-0.05, 0) is 29.8 Å². The second kappa shape index (κ2) is 8.33. The van der Waals surface area contributed by atoms with Gasteiger partial charge in [-0.2, -0.15) is 5.10 Å². The van der Waals surface area contributed by atoms with Crippen LogP contribution in [0.1, 0.15) is 18.4 Å². The van der Waals surface area contributed by atoms with Crippen molar-refractivity contribution in [3.8, 4) is 5.75 Å². The molecule has 0 bridgehead atoms. The van der Waals surface area contributed by atoms with Crippen molar-refractivity contribution in [2.45, 2.75) is 12.8 Å². The zero-order chi connectivity index (χ0) is 16.5. The first-order valence-corrected chi connectivity index (χ1v) is 7.09. The van der Waals surface area contributed by atoms with Gasteiger partial charge in [0.15, 0.2) is 0 Å². The zero-order valence-corrected chi connectivity index (χ0v) is 12.4. The van der Waals surface area contributed by atoms with Gasteiger partial charge in [-0.25, -0.2) is 5.43 Å². The molecule has 2 aromatic carbocycles. The monoisotopic (exact) mass is 311 g/mol. The lowest BCUT2D eigenvalue weighted by Crippen LogP contribution is -2.20. The number of hydrazone groups is 1. The summed E-state index contributed by atoms with van der Waals surface area (Å²) in [6.07, 6.45) is 1.53.